The van der Waals surface area contributed by atoms with E-state index >= 15 is 0 Å². The Bertz CT molecular complexity index is 919. The first-order valence-corrected chi connectivity index (χ1v) is 9.84. The van der Waals surface area contributed by atoms with Gasteiger partial charge in [-0.25, -0.2) is 4.79 Å². The van der Waals surface area contributed by atoms with E-state index in [1.165, 1.54) is 5.56 Å². The number of hydrogen-bond acceptors (Lipinski definition) is 6. The zero-order valence-electron chi connectivity index (χ0n) is 16.4. The van der Waals surface area contributed by atoms with Crippen molar-refractivity contribution in [3.63, 3.8) is 0 Å². The number of rotatable bonds is 5. The van der Waals surface area contributed by atoms with Crippen molar-refractivity contribution in [2.24, 2.45) is 0 Å². The molecule has 1 unspecified atom stereocenters. The first-order chi connectivity index (χ1) is 14.2. The van der Waals surface area contributed by atoms with E-state index in [0.717, 1.165) is 36.6 Å². The van der Waals surface area contributed by atoms with Gasteiger partial charge in [-0.15, -0.1) is 0 Å². The summed E-state index contributed by atoms with van der Waals surface area (Å²) in [7, 11) is 1.67. The van der Waals surface area contributed by atoms with Crippen LogP contribution in [0.3, 0.4) is 0 Å². The van der Waals surface area contributed by atoms with Crippen LogP contribution in [-0.4, -0.2) is 61.6 Å². The number of amides is 1. The van der Waals surface area contributed by atoms with Crippen LogP contribution in [0.15, 0.2) is 42.5 Å². The summed E-state index contributed by atoms with van der Waals surface area (Å²) in [5.74, 6) is 2.25. The number of cyclic esters (lactones) is 1. The monoisotopic (exact) mass is 396 g/mol. The lowest BCUT2D eigenvalue weighted by Crippen LogP contribution is -2.62. The van der Waals surface area contributed by atoms with E-state index in [1.54, 1.807) is 7.11 Å². The number of carbonyl (C=O) groups excluding carboxylic acids is 1. The predicted molar refractivity (Wildman–Crippen MR) is 105 cm³/mol. The first-order valence-electron chi connectivity index (χ1n) is 9.84. The van der Waals surface area contributed by atoms with Crippen LogP contribution < -0.4 is 14.2 Å². The Labute approximate surface area is 169 Å². The largest absolute Gasteiger partial charge is 0.496 e. The highest BCUT2D eigenvalue weighted by Crippen LogP contribution is 2.39. The third-order valence-corrected chi connectivity index (χ3v) is 5.96. The van der Waals surface area contributed by atoms with Crippen LogP contribution in [0.1, 0.15) is 11.1 Å². The van der Waals surface area contributed by atoms with Crippen molar-refractivity contribution in [1.82, 2.24) is 9.80 Å². The Morgan fingerprint density at radius 3 is 2.66 bits per heavy atom. The molecule has 0 spiro atoms. The molecule has 0 aliphatic carbocycles. The molecule has 152 valence electrons. The third-order valence-electron chi connectivity index (χ3n) is 5.96. The van der Waals surface area contributed by atoms with Gasteiger partial charge in [0.05, 0.1) is 12.6 Å². The molecule has 3 heterocycles. The minimum absolute atomic E-state index is 0.207. The van der Waals surface area contributed by atoms with Crippen molar-refractivity contribution in [1.29, 1.82) is 0 Å². The van der Waals surface area contributed by atoms with E-state index in [2.05, 4.69) is 17.0 Å². The van der Waals surface area contributed by atoms with Crippen molar-refractivity contribution < 1.29 is 23.7 Å². The topological polar surface area (TPSA) is 60.5 Å². The molecular weight excluding hydrogens is 372 g/mol. The molecule has 7 nitrogen and oxygen atoms in total. The van der Waals surface area contributed by atoms with E-state index in [-0.39, 0.29) is 18.4 Å². The van der Waals surface area contributed by atoms with Gasteiger partial charge in [-0.05, 0) is 11.6 Å². The standard InChI is InChI=1S/C22H24N2O5/c1-26-18-10-20-19(28-15-29-20)9-17(18)12-23-7-8-24-21(25)27-14-22(24,13-23)11-16-5-3-2-4-6-16/h2-6,9-10H,7-8,11-15H2,1H3. The normalized spacial score (nSPS) is 23.1. The number of hydrogen-bond donors (Lipinski definition) is 0. The molecule has 3 aliphatic heterocycles. The summed E-state index contributed by atoms with van der Waals surface area (Å²) in [4.78, 5) is 16.6. The number of methoxy groups -OCH3 is 1. The molecule has 1 amide bonds. The lowest BCUT2D eigenvalue weighted by atomic mass is 9.88. The summed E-state index contributed by atoms with van der Waals surface area (Å²) in [5.41, 5.74) is 1.91. The Hall–Kier alpha value is -2.93. The van der Waals surface area contributed by atoms with Crippen LogP contribution in [0.25, 0.3) is 0 Å². The van der Waals surface area contributed by atoms with Crippen LogP contribution in [0, 0.1) is 0 Å². The first kappa shape index (κ1) is 18.1. The lowest BCUT2D eigenvalue weighted by molar-refractivity contribution is 0.0472. The van der Waals surface area contributed by atoms with Crippen molar-refractivity contribution >= 4 is 6.09 Å². The van der Waals surface area contributed by atoms with E-state index < -0.39 is 0 Å². The fourth-order valence-corrected chi connectivity index (χ4v) is 4.57. The Morgan fingerprint density at radius 2 is 1.86 bits per heavy atom. The molecular formula is C22H24N2O5. The lowest BCUT2D eigenvalue weighted by Gasteiger charge is -2.45. The molecule has 29 heavy (non-hydrogen) atoms. The summed E-state index contributed by atoms with van der Waals surface area (Å²) in [6.45, 7) is 3.53. The highest BCUT2D eigenvalue weighted by Gasteiger charge is 2.50. The van der Waals surface area contributed by atoms with Crippen LogP contribution >= 0.6 is 0 Å². The highest BCUT2D eigenvalue weighted by atomic mass is 16.7. The van der Waals surface area contributed by atoms with E-state index in [1.807, 2.05) is 35.2 Å². The smallest absolute Gasteiger partial charge is 0.410 e. The SMILES string of the molecule is COc1cc2c(cc1CN1CCN3C(=O)OCC3(Cc3ccccc3)C1)OCO2. The minimum Gasteiger partial charge on any atom is -0.496 e. The van der Waals surface area contributed by atoms with Crippen LogP contribution in [-0.2, 0) is 17.7 Å². The van der Waals surface area contributed by atoms with Gasteiger partial charge in [-0.1, -0.05) is 30.3 Å². The second kappa shape index (κ2) is 7.15. The van der Waals surface area contributed by atoms with Gasteiger partial charge in [0.15, 0.2) is 11.5 Å². The van der Waals surface area contributed by atoms with Gasteiger partial charge in [-0.2, -0.15) is 0 Å². The van der Waals surface area contributed by atoms with Crippen LogP contribution in [0.5, 0.6) is 17.2 Å². The summed E-state index contributed by atoms with van der Waals surface area (Å²) in [5, 5.41) is 0. The highest BCUT2D eigenvalue weighted by molar-refractivity contribution is 5.71. The summed E-state index contributed by atoms with van der Waals surface area (Å²) in [6, 6.07) is 14.2. The van der Waals surface area contributed by atoms with E-state index in [9.17, 15) is 4.79 Å². The van der Waals surface area contributed by atoms with E-state index in [0.29, 0.717) is 25.4 Å². The van der Waals surface area contributed by atoms with E-state index in [4.69, 9.17) is 18.9 Å². The van der Waals surface area contributed by atoms with Gasteiger partial charge in [0.25, 0.3) is 0 Å². The van der Waals surface area contributed by atoms with Crippen molar-refractivity contribution in [3.05, 3.63) is 53.6 Å². The van der Waals surface area contributed by atoms with Gasteiger partial charge < -0.3 is 18.9 Å². The molecule has 0 bridgehead atoms. The molecule has 2 saturated heterocycles. The molecule has 0 radical (unpaired) electrons. The zero-order chi connectivity index (χ0) is 19.8. The molecule has 0 N–H and O–H groups in total. The van der Waals surface area contributed by atoms with Crippen molar-refractivity contribution in [2.75, 3.05) is 40.1 Å². The van der Waals surface area contributed by atoms with Gasteiger partial charge in [-0.3, -0.25) is 9.80 Å². The van der Waals surface area contributed by atoms with Gasteiger partial charge in [0, 0.05) is 44.2 Å². The fraction of sp³-hybridized carbons (Fsp3) is 0.409. The second-order valence-corrected chi connectivity index (χ2v) is 7.82. The number of carbonyl (C=O) groups is 1. The van der Waals surface area contributed by atoms with Gasteiger partial charge >= 0.3 is 6.09 Å². The summed E-state index contributed by atoms with van der Waals surface area (Å²) in [6.07, 6.45) is 0.565. The Balaban J connectivity index is 1.39. The maximum atomic E-state index is 12.3. The molecule has 1 atom stereocenters. The molecule has 3 aliphatic rings. The molecule has 5 rings (SSSR count). The van der Waals surface area contributed by atoms with Crippen LogP contribution in [0.2, 0.25) is 0 Å². The number of fused-ring (bicyclic) bond motifs is 2. The Morgan fingerprint density at radius 1 is 1.07 bits per heavy atom. The third kappa shape index (κ3) is 3.25. The maximum Gasteiger partial charge on any atom is 0.410 e. The van der Waals surface area contributed by atoms with Gasteiger partial charge in [0.1, 0.15) is 12.4 Å². The average molecular weight is 396 g/mol. The molecule has 0 aromatic heterocycles. The number of nitrogens with zero attached hydrogens (tertiary/aromatic N) is 2. The van der Waals surface area contributed by atoms with Gasteiger partial charge in [0.2, 0.25) is 6.79 Å². The number of benzene rings is 2. The summed E-state index contributed by atoms with van der Waals surface area (Å²) < 4.78 is 22.1. The Kier molecular flexibility index (Phi) is 4.47. The molecule has 2 aromatic carbocycles. The second-order valence-electron chi connectivity index (χ2n) is 7.82. The maximum absolute atomic E-state index is 12.3. The summed E-state index contributed by atoms with van der Waals surface area (Å²) >= 11 is 0. The molecule has 7 heteroatoms. The zero-order valence-corrected chi connectivity index (χ0v) is 16.4. The predicted octanol–water partition coefficient (Wildman–Crippen LogP) is 2.67. The minimum atomic E-state index is -0.347. The van der Waals surface area contributed by atoms with Crippen molar-refractivity contribution in [2.45, 2.75) is 18.5 Å². The molecule has 0 saturated carbocycles. The molecule has 2 fully saturated rings. The quantitative estimate of drug-likeness (QED) is 0.775. The average Bonchev–Trinajstić information content (AvgIpc) is 3.32. The van der Waals surface area contributed by atoms with Crippen molar-refractivity contribution in [3.8, 4) is 17.2 Å². The molecule has 2 aromatic rings. The fourth-order valence-electron chi connectivity index (χ4n) is 4.57. The van der Waals surface area contributed by atoms with Crippen LogP contribution in [0.4, 0.5) is 4.79 Å². The number of piperazine rings is 1. The number of ether oxygens (including phenoxy) is 4.